The first-order valence-corrected chi connectivity index (χ1v) is 10.8. The predicted octanol–water partition coefficient (Wildman–Crippen LogP) is 5.01. The van der Waals surface area contributed by atoms with E-state index in [9.17, 15) is 4.79 Å². The van der Waals surface area contributed by atoms with Crippen molar-refractivity contribution in [2.24, 2.45) is 0 Å². The molecule has 1 aliphatic rings. The summed E-state index contributed by atoms with van der Waals surface area (Å²) in [4.78, 5) is 19.6. The number of halogens is 1. The monoisotopic (exact) mass is 427 g/mol. The van der Waals surface area contributed by atoms with Crippen molar-refractivity contribution in [1.82, 2.24) is 9.88 Å². The SMILES string of the molecule is COc1ccc(C2=CCN(C)CC2)c2sc(NC(=O)c3ccc(CCl)cc3)nc12. The number of hydrogen-bond donors (Lipinski definition) is 1. The fourth-order valence-electron chi connectivity index (χ4n) is 3.38. The van der Waals surface area contributed by atoms with E-state index in [4.69, 9.17) is 16.3 Å². The number of benzene rings is 2. The summed E-state index contributed by atoms with van der Waals surface area (Å²) in [6, 6.07) is 11.3. The van der Waals surface area contributed by atoms with Gasteiger partial charge in [0.05, 0.1) is 11.8 Å². The summed E-state index contributed by atoms with van der Waals surface area (Å²) in [6.45, 7) is 1.96. The Morgan fingerprint density at radius 1 is 1.28 bits per heavy atom. The van der Waals surface area contributed by atoms with Crippen molar-refractivity contribution in [1.29, 1.82) is 0 Å². The Kier molecular flexibility index (Phi) is 5.85. The number of anilines is 1. The molecule has 0 saturated heterocycles. The van der Waals surface area contributed by atoms with Crippen LogP contribution in [0.1, 0.15) is 27.9 Å². The molecule has 7 heteroatoms. The zero-order valence-electron chi connectivity index (χ0n) is 16.4. The normalized spacial score (nSPS) is 14.7. The molecule has 0 radical (unpaired) electrons. The van der Waals surface area contributed by atoms with Gasteiger partial charge in [-0.2, -0.15) is 0 Å². The van der Waals surface area contributed by atoms with E-state index in [1.165, 1.54) is 22.5 Å². The second kappa shape index (κ2) is 8.53. The molecule has 0 atom stereocenters. The molecular formula is C22H22ClN3O2S. The molecule has 0 bridgehead atoms. The van der Waals surface area contributed by atoms with E-state index in [1.807, 2.05) is 18.2 Å². The second-order valence-corrected chi connectivity index (χ2v) is 8.30. The molecule has 1 N–H and O–H groups in total. The lowest BCUT2D eigenvalue weighted by atomic mass is 9.99. The maximum Gasteiger partial charge on any atom is 0.257 e. The van der Waals surface area contributed by atoms with E-state index >= 15 is 0 Å². The van der Waals surface area contributed by atoms with Crippen molar-refractivity contribution >= 4 is 49.8 Å². The van der Waals surface area contributed by atoms with E-state index in [0.29, 0.717) is 22.3 Å². The number of aromatic nitrogens is 1. The Labute approximate surface area is 179 Å². The van der Waals surface area contributed by atoms with Crippen LogP contribution in [0.5, 0.6) is 5.75 Å². The molecule has 0 spiro atoms. The smallest absolute Gasteiger partial charge is 0.257 e. The number of carbonyl (C=O) groups is 1. The molecule has 1 amide bonds. The Balaban J connectivity index is 1.67. The van der Waals surface area contributed by atoms with Crippen molar-refractivity contribution in [2.45, 2.75) is 12.3 Å². The third-order valence-electron chi connectivity index (χ3n) is 5.08. The fourth-order valence-corrected chi connectivity index (χ4v) is 4.59. The first-order valence-electron chi connectivity index (χ1n) is 9.40. The van der Waals surface area contributed by atoms with Crippen LogP contribution in [0.15, 0.2) is 42.5 Å². The molecule has 3 aromatic rings. The zero-order chi connectivity index (χ0) is 20.4. The number of nitrogens with zero attached hydrogens (tertiary/aromatic N) is 2. The van der Waals surface area contributed by atoms with Crippen molar-refractivity contribution in [2.75, 3.05) is 32.6 Å². The molecule has 4 rings (SSSR count). The summed E-state index contributed by atoms with van der Waals surface area (Å²) in [5, 5.41) is 3.49. The number of hydrogen-bond acceptors (Lipinski definition) is 5. The summed E-state index contributed by atoms with van der Waals surface area (Å²) in [5.41, 5.74) is 4.81. The number of carbonyl (C=O) groups excluding carboxylic acids is 1. The van der Waals surface area contributed by atoms with Crippen LogP contribution < -0.4 is 10.1 Å². The molecule has 0 aliphatic carbocycles. The molecule has 150 valence electrons. The Hall–Kier alpha value is -2.41. The minimum absolute atomic E-state index is 0.191. The third-order valence-corrected chi connectivity index (χ3v) is 6.39. The van der Waals surface area contributed by atoms with Crippen molar-refractivity contribution in [3.63, 3.8) is 0 Å². The number of alkyl halides is 1. The number of nitrogens with one attached hydrogen (secondary N) is 1. The minimum atomic E-state index is -0.191. The summed E-state index contributed by atoms with van der Waals surface area (Å²) in [6.07, 6.45) is 3.26. The number of amides is 1. The van der Waals surface area contributed by atoms with Gasteiger partial charge in [-0.25, -0.2) is 4.98 Å². The summed E-state index contributed by atoms with van der Waals surface area (Å²) < 4.78 is 6.54. The molecule has 0 unspecified atom stereocenters. The lowest BCUT2D eigenvalue weighted by molar-refractivity contribution is 0.102. The molecule has 1 aliphatic heterocycles. The quantitative estimate of drug-likeness (QED) is 0.581. The minimum Gasteiger partial charge on any atom is -0.494 e. The molecule has 5 nitrogen and oxygen atoms in total. The largest absolute Gasteiger partial charge is 0.494 e. The molecule has 0 saturated carbocycles. The highest BCUT2D eigenvalue weighted by atomic mass is 35.5. The van der Waals surface area contributed by atoms with Gasteiger partial charge in [0.2, 0.25) is 0 Å². The van der Waals surface area contributed by atoms with Crippen LogP contribution >= 0.6 is 22.9 Å². The Bertz CT molecular complexity index is 1080. The topological polar surface area (TPSA) is 54.5 Å². The molecular weight excluding hydrogens is 406 g/mol. The van der Waals surface area contributed by atoms with E-state index in [1.54, 1.807) is 19.2 Å². The van der Waals surface area contributed by atoms with Gasteiger partial charge in [-0.15, -0.1) is 11.6 Å². The third kappa shape index (κ3) is 4.15. The van der Waals surface area contributed by atoms with Crippen LogP contribution in [0.4, 0.5) is 5.13 Å². The van der Waals surface area contributed by atoms with Crippen molar-refractivity contribution in [3.05, 3.63) is 59.2 Å². The maximum atomic E-state index is 12.6. The highest BCUT2D eigenvalue weighted by molar-refractivity contribution is 7.22. The van der Waals surface area contributed by atoms with Gasteiger partial charge in [-0.3, -0.25) is 10.1 Å². The van der Waals surface area contributed by atoms with Gasteiger partial charge in [-0.05, 0) is 54.4 Å². The number of rotatable bonds is 5. The maximum absolute atomic E-state index is 12.6. The first-order chi connectivity index (χ1) is 14.1. The van der Waals surface area contributed by atoms with Gasteiger partial charge < -0.3 is 9.64 Å². The molecule has 1 aromatic heterocycles. The molecule has 2 aromatic carbocycles. The number of fused-ring (bicyclic) bond motifs is 1. The predicted molar refractivity (Wildman–Crippen MR) is 120 cm³/mol. The average Bonchev–Trinajstić information content (AvgIpc) is 3.17. The molecule has 2 heterocycles. The van der Waals surface area contributed by atoms with Gasteiger partial charge in [0.1, 0.15) is 11.3 Å². The summed E-state index contributed by atoms with van der Waals surface area (Å²) in [5.74, 6) is 0.943. The number of thiazole rings is 1. The van der Waals surface area contributed by atoms with Crippen molar-refractivity contribution in [3.8, 4) is 5.75 Å². The van der Waals surface area contributed by atoms with E-state index in [2.05, 4.69) is 34.4 Å². The lowest BCUT2D eigenvalue weighted by Gasteiger charge is -2.22. The highest BCUT2D eigenvalue weighted by Crippen LogP contribution is 2.39. The van der Waals surface area contributed by atoms with Crippen LogP contribution in [0.2, 0.25) is 0 Å². The fraction of sp³-hybridized carbons (Fsp3) is 0.273. The molecule has 29 heavy (non-hydrogen) atoms. The van der Waals surface area contributed by atoms with Crippen LogP contribution in [-0.4, -0.2) is 43.0 Å². The van der Waals surface area contributed by atoms with Gasteiger partial charge in [0.15, 0.2) is 5.13 Å². The van der Waals surface area contributed by atoms with Gasteiger partial charge in [-0.1, -0.05) is 29.5 Å². The Morgan fingerprint density at radius 2 is 2.07 bits per heavy atom. The Morgan fingerprint density at radius 3 is 2.72 bits per heavy atom. The van der Waals surface area contributed by atoms with Gasteiger partial charge >= 0.3 is 0 Å². The summed E-state index contributed by atoms with van der Waals surface area (Å²) >= 11 is 7.30. The van der Waals surface area contributed by atoms with Crippen LogP contribution in [0, 0.1) is 0 Å². The average molecular weight is 428 g/mol. The standard InChI is InChI=1S/C22H22ClN3O2S/c1-26-11-9-15(10-12-26)17-7-8-18(28-2)19-20(17)29-22(24-19)25-21(27)16-5-3-14(13-23)4-6-16/h3-9H,10-13H2,1-2H3,(H,24,25,27). The highest BCUT2D eigenvalue weighted by Gasteiger charge is 2.19. The van der Waals surface area contributed by atoms with Crippen LogP contribution in [0.25, 0.3) is 15.8 Å². The van der Waals surface area contributed by atoms with Gasteiger partial charge in [0, 0.05) is 24.5 Å². The van der Waals surface area contributed by atoms with E-state index < -0.39 is 0 Å². The summed E-state index contributed by atoms with van der Waals surface area (Å²) in [7, 11) is 3.76. The zero-order valence-corrected chi connectivity index (χ0v) is 17.9. The van der Waals surface area contributed by atoms with Gasteiger partial charge in [0.25, 0.3) is 5.91 Å². The van der Waals surface area contributed by atoms with E-state index in [-0.39, 0.29) is 5.91 Å². The van der Waals surface area contributed by atoms with Crippen molar-refractivity contribution < 1.29 is 9.53 Å². The van der Waals surface area contributed by atoms with Crippen LogP contribution in [0.3, 0.4) is 0 Å². The van der Waals surface area contributed by atoms with E-state index in [0.717, 1.165) is 35.3 Å². The number of likely N-dealkylation sites (N-methyl/N-ethyl adjacent to an activating group) is 1. The second-order valence-electron chi connectivity index (χ2n) is 7.04. The van der Waals surface area contributed by atoms with Crippen LogP contribution in [-0.2, 0) is 5.88 Å². The lowest BCUT2D eigenvalue weighted by Crippen LogP contribution is -2.23. The number of ether oxygens (including phenoxy) is 1. The first kappa shape index (κ1) is 19.9. The number of methoxy groups -OCH3 is 1. The molecule has 0 fully saturated rings.